The van der Waals surface area contributed by atoms with Gasteiger partial charge in [-0.2, -0.15) is 0 Å². The minimum absolute atomic E-state index is 0.00860. The lowest BCUT2D eigenvalue weighted by Gasteiger charge is -2.35. The Morgan fingerprint density at radius 2 is 1.43 bits per heavy atom. The molecule has 7 heteroatoms. The Morgan fingerprint density at radius 1 is 0.857 bits per heavy atom. The number of H-pyrrole nitrogens is 1. The molecule has 144 valence electrons. The monoisotopic (exact) mass is 379 g/mol. The number of carbonyl (C=O) groups is 2. The first kappa shape index (κ1) is 18.0. The predicted molar refractivity (Wildman–Crippen MR) is 105 cm³/mol. The number of hydrogen-bond donors (Lipinski definition) is 1. The van der Waals surface area contributed by atoms with Crippen molar-refractivity contribution in [1.82, 2.24) is 14.8 Å². The molecule has 1 N–H and O–H groups in total. The number of aryl methyl sites for hydroxylation is 2. The van der Waals surface area contributed by atoms with E-state index in [1.165, 1.54) is 0 Å². The Bertz CT molecular complexity index is 1120. The van der Waals surface area contributed by atoms with Crippen molar-refractivity contribution in [2.24, 2.45) is 0 Å². The Kier molecular flexibility index (Phi) is 4.50. The second-order valence-electron chi connectivity index (χ2n) is 7.11. The first-order valence-electron chi connectivity index (χ1n) is 9.21. The molecule has 3 aromatic rings. The Morgan fingerprint density at radius 3 is 2.04 bits per heavy atom. The lowest BCUT2D eigenvalue weighted by Crippen LogP contribution is -2.50. The van der Waals surface area contributed by atoms with Crippen molar-refractivity contribution in [3.63, 3.8) is 0 Å². The third-order valence-corrected chi connectivity index (χ3v) is 5.28. The number of benzene rings is 2. The van der Waals surface area contributed by atoms with E-state index in [1.807, 2.05) is 32.0 Å². The molecule has 0 saturated carbocycles. The van der Waals surface area contributed by atoms with Crippen LogP contribution >= 0.6 is 0 Å². The third kappa shape index (κ3) is 3.31. The summed E-state index contributed by atoms with van der Waals surface area (Å²) in [6.07, 6.45) is 0. The minimum Gasteiger partial charge on any atom is -0.408 e. The van der Waals surface area contributed by atoms with E-state index in [1.54, 1.807) is 28.0 Å². The molecular weight excluding hydrogens is 358 g/mol. The number of aromatic amines is 1. The van der Waals surface area contributed by atoms with Gasteiger partial charge in [0.25, 0.3) is 11.8 Å². The number of rotatable bonds is 2. The van der Waals surface area contributed by atoms with E-state index in [9.17, 15) is 14.4 Å². The van der Waals surface area contributed by atoms with Gasteiger partial charge >= 0.3 is 5.76 Å². The first-order chi connectivity index (χ1) is 13.4. The van der Waals surface area contributed by atoms with Crippen LogP contribution in [-0.4, -0.2) is 52.8 Å². The number of amides is 2. The Hall–Kier alpha value is -3.35. The molecule has 1 aliphatic rings. The number of fused-ring (bicyclic) bond motifs is 1. The van der Waals surface area contributed by atoms with Crippen LogP contribution in [0, 0.1) is 13.8 Å². The van der Waals surface area contributed by atoms with Gasteiger partial charge in [0.05, 0.1) is 5.52 Å². The number of carbonyl (C=O) groups excluding carboxylic acids is 2. The van der Waals surface area contributed by atoms with Gasteiger partial charge < -0.3 is 14.2 Å². The first-order valence-corrected chi connectivity index (χ1v) is 9.21. The number of nitrogens with one attached hydrogen (secondary N) is 1. The topological polar surface area (TPSA) is 86.6 Å². The number of nitrogens with zero attached hydrogens (tertiary/aromatic N) is 2. The smallest absolute Gasteiger partial charge is 0.408 e. The maximum Gasteiger partial charge on any atom is 0.417 e. The van der Waals surface area contributed by atoms with Gasteiger partial charge in [0.15, 0.2) is 5.58 Å². The van der Waals surface area contributed by atoms with Gasteiger partial charge in [-0.25, -0.2) is 4.79 Å². The summed E-state index contributed by atoms with van der Waals surface area (Å²) in [7, 11) is 0. The molecule has 2 aromatic carbocycles. The summed E-state index contributed by atoms with van der Waals surface area (Å²) in [6.45, 7) is 5.91. The third-order valence-electron chi connectivity index (χ3n) is 5.28. The van der Waals surface area contributed by atoms with Crippen molar-refractivity contribution in [1.29, 1.82) is 0 Å². The molecule has 0 unspecified atom stereocenters. The summed E-state index contributed by atoms with van der Waals surface area (Å²) < 4.78 is 5.03. The van der Waals surface area contributed by atoms with Crippen LogP contribution in [0.1, 0.15) is 31.8 Å². The number of piperazine rings is 1. The highest BCUT2D eigenvalue weighted by atomic mass is 16.4. The van der Waals surface area contributed by atoms with Gasteiger partial charge in [-0.15, -0.1) is 0 Å². The second kappa shape index (κ2) is 6.99. The summed E-state index contributed by atoms with van der Waals surface area (Å²) >= 11 is 0. The van der Waals surface area contributed by atoms with Gasteiger partial charge in [0.2, 0.25) is 0 Å². The summed E-state index contributed by atoms with van der Waals surface area (Å²) in [6, 6.07) is 10.6. The average Bonchev–Trinajstić information content (AvgIpc) is 3.08. The number of hydrogen-bond acceptors (Lipinski definition) is 4. The zero-order valence-electron chi connectivity index (χ0n) is 15.8. The average molecular weight is 379 g/mol. The molecule has 0 atom stereocenters. The standard InChI is InChI=1S/C21H21N3O4/c1-13-3-4-15(11-14(13)2)19(25)23-7-9-24(10-8-23)20(26)16-5-6-17-18(12-16)28-21(27)22-17/h3-6,11-12H,7-10H2,1-2H3,(H,22,27). The summed E-state index contributed by atoms with van der Waals surface area (Å²) in [5.74, 6) is -0.687. The Balaban J connectivity index is 1.43. The van der Waals surface area contributed by atoms with Crippen molar-refractivity contribution < 1.29 is 14.0 Å². The normalized spacial score (nSPS) is 14.5. The van der Waals surface area contributed by atoms with Crippen LogP contribution in [0.4, 0.5) is 0 Å². The molecule has 7 nitrogen and oxygen atoms in total. The molecule has 1 aromatic heterocycles. The van der Waals surface area contributed by atoms with Gasteiger partial charge in [0, 0.05) is 37.3 Å². The SMILES string of the molecule is Cc1ccc(C(=O)N2CCN(C(=O)c3ccc4[nH]c(=O)oc4c3)CC2)cc1C. The molecular formula is C21H21N3O4. The lowest BCUT2D eigenvalue weighted by atomic mass is 10.1. The highest BCUT2D eigenvalue weighted by Gasteiger charge is 2.26. The van der Waals surface area contributed by atoms with Crippen LogP contribution in [0.25, 0.3) is 11.1 Å². The fourth-order valence-electron chi connectivity index (χ4n) is 3.43. The highest BCUT2D eigenvalue weighted by Crippen LogP contribution is 2.17. The zero-order valence-corrected chi connectivity index (χ0v) is 15.8. The fraction of sp³-hybridized carbons (Fsp3) is 0.286. The summed E-state index contributed by atoms with van der Waals surface area (Å²) in [5, 5.41) is 0. The van der Waals surface area contributed by atoms with Crippen LogP contribution in [0.15, 0.2) is 45.6 Å². The molecule has 0 bridgehead atoms. The quantitative estimate of drug-likeness (QED) is 0.740. The Labute approximate surface area is 161 Å². The van der Waals surface area contributed by atoms with E-state index in [0.29, 0.717) is 48.4 Å². The number of aromatic nitrogens is 1. The summed E-state index contributed by atoms with van der Waals surface area (Å²) in [5.41, 5.74) is 4.30. The van der Waals surface area contributed by atoms with Crippen LogP contribution in [0.3, 0.4) is 0 Å². The molecule has 2 heterocycles. The molecule has 1 aliphatic heterocycles. The van der Waals surface area contributed by atoms with Crippen LogP contribution < -0.4 is 5.76 Å². The van der Waals surface area contributed by atoms with Crippen molar-refractivity contribution in [2.75, 3.05) is 26.2 Å². The lowest BCUT2D eigenvalue weighted by molar-refractivity contribution is 0.0535. The van der Waals surface area contributed by atoms with Crippen molar-refractivity contribution in [2.45, 2.75) is 13.8 Å². The van der Waals surface area contributed by atoms with E-state index >= 15 is 0 Å². The van der Waals surface area contributed by atoms with E-state index in [4.69, 9.17) is 4.42 Å². The molecule has 0 aliphatic carbocycles. The van der Waals surface area contributed by atoms with E-state index in [-0.39, 0.29) is 11.8 Å². The van der Waals surface area contributed by atoms with Crippen LogP contribution in [0.5, 0.6) is 0 Å². The fourth-order valence-corrected chi connectivity index (χ4v) is 3.43. The molecule has 4 rings (SSSR count). The van der Waals surface area contributed by atoms with E-state index in [0.717, 1.165) is 11.1 Å². The molecule has 28 heavy (non-hydrogen) atoms. The van der Waals surface area contributed by atoms with Gasteiger partial charge in [-0.3, -0.25) is 14.6 Å². The van der Waals surface area contributed by atoms with Crippen LogP contribution in [-0.2, 0) is 0 Å². The molecule has 2 amide bonds. The van der Waals surface area contributed by atoms with E-state index < -0.39 is 5.76 Å². The second-order valence-corrected chi connectivity index (χ2v) is 7.11. The van der Waals surface area contributed by atoms with Crippen molar-refractivity contribution >= 4 is 22.9 Å². The van der Waals surface area contributed by atoms with Gasteiger partial charge in [0.1, 0.15) is 0 Å². The predicted octanol–water partition coefficient (Wildman–Crippen LogP) is 2.34. The van der Waals surface area contributed by atoms with E-state index in [2.05, 4.69) is 4.98 Å². The van der Waals surface area contributed by atoms with Gasteiger partial charge in [-0.05, 0) is 55.3 Å². The maximum absolute atomic E-state index is 12.8. The molecule has 0 spiro atoms. The van der Waals surface area contributed by atoms with Crippen molar-refractivity contribution in [3.8, 4) is 0 Å². The maximum atomic E-state index is 12.8. The minimum atomic E-state index is -0.543. The highest BCUT2D eigenvalue weighted by molar-refractivity contribution is 5.97. The summed E-state index contributed by atoms with van der Waals surface area (Å²) in [4.78, 5) is 42.8. The van der Waals surface area contributed by atoms with Gasteiger partial charge in [-0.1, -0.05) is 6.07 Å². The largest absolute Gasteiger partial charge is 0.417 e. The number of oxazole rings is 1. The molecule has 0 radical (unpaired) electrons. The zero-order chi connectivity index (χ0) is 19.8. The van der Waals surface area contributed by atoms with Crippen LogP contribution in [0.2, 0.25) is 0 Å². The molecule has 1 saturated heterocycles. The molecule has 1 fully saturated rings. The van der Waals surface area contributed by atoms with Crippen molar-refractivity contribution in [3.05, 3.63) is 69.2 Å².